The van der Waals surface area contributed by atoms with Gasteiger partial charge in [0.05, 0.1) is 5.92 Å². The Kier molecular flexibility index (Phi) is 6.65. The summed E-state index contributed by atoms with van der Waals surface area (Å²) in [6.07, 6.45) is 3.70. The summed E-state index contributed by atoms with van der Waals surface area (Å²) in [5, 5.41) is 0.341. The van der Waals surface area contributed by atoms with Crippen LogP contribution in [0, 0.1) is 11.7 Å². The molecule has 1 aromatic carbocycles. The zero-order valence-electron chi connectivity index (χ0n) is 12.9. The molecular weight excluding hydrogens is 326 g/mol. The molecule has 1 saturated carbocycles. The molecule has 22 heavy (non-hydrogen) atoms. The van der Waals surface area contributed by atoms with Crippen molar-refractivity contribution in [3.8, 4) is 0 Å². The first-order chi connectivity index (χ1) is 9.83. The molecule has 2 atom stereocenters. The Morgan fingerprint density at radius 2 is 2.18 bits per heavy atom. The zero-order valence-corrected chi connectivity index (χ0v) is 14.5. The van der Waals surface area contributed by atoms with Gasteiger partial charge in [0.25, 0.3) is 0 Å². The molecule has 0 bridgehead atoms. The maximum Gasteiger partial charge on any atom is 0.227 e. The van der Waals surface area contributed by atoms with Crippen molar-refractivity contribution in [1.82, 2.24) is 4.90 Å². The molecule has 1 amide bonds. The van der Waals surface area contributed by atoms with Gasteiger partial charge in [0.2, 0.25) is 5.91 Å². The van der Waals surface area contributed by atoms with E-state index in [-0.39, 0.29) is 36.6 Å². The average Bonchev–Trinajstić information content (AvgIpc) is 2.41. The summed E-state index contributed by atoms with van der Waals surface area (Å²) in [6, 6.07) is 4.54. The Balaban J connectivity index is 0.00000242. The molecule has 2 N–H and O–H groups in total. The lowest BCUT2D eigenvalue weighted by Crippen LogP contribution is -2.53. The third-order valence-corrected chi connectivity index (χ3v) is 4.74. The molecule has 6 heteroatoms. The standard InChI is InChI=1S/C16H22ClFN2O.ClH/c1-16(19)9-4-3-6-12(16)15(21)20(2)10-11-13(17)7-5-8-14(11)18;/h5,7-8,12H,3-4,6,9-10,19H2,1-2H3;1H. The Bertz CT molecular complexity index is 517. The van der Waals surface area contributed by atoms with Gasteiger partial charge in [-0.3, -0.25) is 4.79 Å². The number of benzene rings is 1. The van der Waals surface area contributed by atoms with Gasteiger partial charge in [-0.15, -0.1) is 12.4 Å². The molecule has 1 aromatic rings. The van der Waals surface area contributed by atoms with Gasteiger partial charge in [-0.1, -0.05) is 30.5 Å². The van der Waals surface area contributed by atoms with E-state index in [4.69, 9.17) is 17.3 Å². The molecule has 3 nitrogen and oxygen atoms in total. The van der Waals surface area contributed by atoms with E-state index in [1.165, 1.54) is 11.0 Å². The number of carbonyl (C=O) groups is 1. The fourth-order valence-corrected chi connectivity index (χ4v) is 3.25. The van der Waals surface area contributed by atoms with Gasteiger partial charge >= 0.3 is 0 Å². The van der Waals surface area contributed by atoms with Gasteiger partial charge in [-0.25, -0.2) is 4.39 Å². The predicted octanol–water partition coefficient (Wildman–Crippen LogP) is 3.77. The molecule has 0 spiro atoms. The molecule has 0 aromatic heterocycles. The number of halogens is 3. The van der Waals surface area contributed by atoms with E-state index in [2.05, 4.69) is 0 Å². The molecule has 2 rings (SSSR count). The van der Waals surface area contributed by atoms with Crippen molar-refractivity contribution in [2.75, 3.05) is 7.05 Å². The minimum atomic E-state index is -0.484. The normalized spacial score (nSPS) is 24.5. The van der Waals surface area contributed by atoms with E-state index < -0.39 is 5.54 Å². The number of carbonyl (C=O) groups excluding carboxylic acids is 1. The summed E-state index contributed by atoms with van der Waals surface area (Å²) in [5.41, 5.74) is 6.13. The lowest BCUT2D eigenvalue weighted by atomic mass is 9.74. The number of rotatable bonds is 3. The largest absolute Gasteiger partial charge is 0.341 e. The van der Waals surface area contributed by atoms with Crippen LogP contribution in [0.3, 0.4) is 0 Å². The Morgan fingerprint density at radius 1 is 1.50 bits per heavy atom. The maximum atomic E-state index is 13.8. The van der Waals surface area contributed by atoms with Crippen molar-refractivity contribution in [3.05, 3.63) is 34.6 Å². The molecular formula is C16H23Cl2FN2O. The molecule has 1 aliphatic carbocycles. The summed E-state index contributed by atoms with van der Waals surface area (Å²) in [4.78, 5) is 14.2. The molecule has 1 aliphatic rings. The monoisotopic (exact) mass is 348 g/mol. The molecule has 0 heterocycles. The first-order valence-corrected chi connectivity index (χ1v) is 7.67. The lowest BCUT2D eigenvalue weighted by molar-refractivity contribution is -0.138. The fourth-order valence-electron chi connectivity index (χ4n) is 3.03. The summed E-state index contributed by atoms with van der Waals surface area (Å²) >= 11 is 6.02. The maximum absolute atomic E-state index is 13.8. The highest BCUT2D eigenvalue weighted by atomic mass is 35.5. The average molecular weight is 349 g/mol. The summed E-state index contributed by atoms with van der Waals surface area (Å²) < 4.78 is 13.8. The fraction of sp³-hybridized carbons (Fsp3) is 0.562. The number of nitrogens with two attached hydrogens (primary N) is 1. The number of amides is 1. The highest BCUT2D eigenvalue weighted by Gasteiger charge is 2.39. The third-order valence-electron chi connectivity index (χ3n) is 4.39. The second-order valence-electron chi connectivity index (χ2n) is 6.20. The summed E-state index contributed by atoms with van der Waals surface area (Å²) in [6.45, 7) is 2.09. The summed E-state index contributed by atoms with van der Waals surface area (Å²) in [7, 11) is 1.68. The van der Waals surface area contributed by atoms with Crippen molar-refractivity contribution < 1.29 is 9.18 Å². The number of hydrogen-bond donors (Lipinski definition) is 1. The molecule has 2 unspecified atom stereocenters. The SMILES string of the molecule is CN(Cc1c(F)cccc1Cl)C(=O)C1CCCCC1(C)N.Cl. The van der Waals surface area contributed by atoms with E-state index in [1.807, 2.05) is 6.92 Å². The van der Waals surface area contributed by atoms with E-state index in [0.717, 1.165) is 25.7 Å². The van der Waals surface area contributed by atoms with Gasteiger partial charge < -0.3 is 10.6 Å². The van der Waals surface area contributed by atoms with Crippen molar-refractivity contribution in [3.63, 3.8) is 0 Å². The number of hydrogen-bond acceptors (Lipinski definition) is 2. The van der Waals surface area contributed by atoms with Crippen LogP contribution in [-0.2, 0) is 11.3 Å². The van der Waals surface area contributed by atoms with E-state index in [9.17, 15) is 9.18 Å². The smallest absolute Gasteiger partial charge is 0.227 e. The van der Waals surface area contributed by atoms with Crippen LogP contribution in [0.2, 0.25) is 5.02 Å². The summed E-state index contributed by atoms with van der Waals surface area (Å²) in [5.74, 6) is -0.623. The van der Waals surface area contributed by atoms with Crippen LogP contribution in [0.1, 0.15) is 38.2 Å². The third kappa shape index (κ3) is 4.12. The van der Waals surface area contributed by atoms with Gasteiger partial charge in [0.1, 0.15) is 5.82 Å². The minimum Gasteiger partial charge on any atom is -0.341 e. The van der Waals surface area contributed by atoms with Crippen LogP contribution in [0.15, 0.2) is 18.2 Å². The predicted molar refractivity (Wildman–Crippen MR) is 89.7 cm³/mol. The van der Waals surface area contributed by atoms with E-state index >= 15 is 0 Å². The quantitative estimate of drug-likeness (QED) is 0.903. The van der Waals surface area contributed by atoms with Crippen molar-refractivity contribution in [2.24, 2.45) is 11.7 Å². The van der Waals surface area contributed by atoms with Crippen LogP contribution < -0.4 is 5.73 Å². The first-order valence-electron chi connectivity index (χ1n) is 7.29. The Morgan fingerprint density at radius 3 is 2.77 bits per heavy atom. The van der Waals surface area contributed by atoms with Crippen LogP contribution in [0.5, 0.6) is 0 Å². The number of nitrogens with zero attached hydrogens (tertiary/aromatic N) is 1. The van der Waals surface area contributed by atoms with Gasteiger partial charge in [0.15, 0.2) is 0 Å². The van der Waals surface area contributed by atoms with Crippen LogP contribution in [0.25, 0.3) is 0 Å². The molecule has 0 radical (unpaired) electrons. The second kappa shape index (κ2) is 7.62. The van der Waals surface area contributed by atoms with Crippen LogP contribution in [0.4, 0.5) is 4.39 Å². The van der Waals surface area contributed by atoms with E-state index in [0.29, 0.717) is 10.6 Å². The van der Waals surface area contributed by atoms with Crippen molar-refractivity contribution in [2.45, 2.75) is 44.7 Å². The zero-order chi connectivity index (χ0) is 15.6. The Hall–Kier alpha value is -0.840. The van der Waals surface area contributed by atoms with Gasteiger partial charge in [-0.05, 0) is 31.9 Å². The van der Waals surface area contributed by atoms with Crippen molar-refractivity contribution in [1.29, 1.82) is 0 Å². The van der Waals surface area contributed by atoms with Crippen molar-refractivity contribution >= 4 is 29.9 Å². The molecule has 0 saturated heterocycles. The molecule has 0 aliphatic heterocycles. The van der Waals surface area contributed by atoms with Gasteiger partial charge in [-0.2, -0.15) is 0 Å². The molecule has 124 valence electrons. The topological polar surface area (TPSA) is 46.3 Å². The molecule has 1 fully saturated rings. The highest BCUT2D eigenvalue weighted by Crippen LogP contribution is 2.33. The Labute approximate surface area is 142 Å². The second-order valence-corrected chi connectivity index (χ2v) is 6.61. The lowest BCUT2D eigenvalue weighted by Gasteiger charge is -2.39. The van der Waals surface area contributed by atoms with Gasteiger partial charge in [0, 0.05) is 29.7 Å². The van der Waals surface area contributed by atoms with Crippen LogP contribution in [-0.4, -0.2) is 23.4 Å². The van der Waals surface area contributed by atoms with E-state index in [1.54, 1.807) is 19.2 Å². The highest BCUT2D eigenvalue weighted by molar-refractivity contribution is 6.31. The van der Waals surface area contributed by atoms with Crippen LogP contribution >= 0.6 is 24.0 Å². The minimum absolute atomic E-state index is 0. The first kappa shape index (κ1) is 19.2.